The molecule has 73 heavy (non-hydrogen) atoms. The number of hydrogen-bond donors (Lipinski definition) is 12. The lowest BCUT2D eigenvalue weighted by Crippen LogP contribution is -2.74. The van der Waals surface area contributed by atoms with E-state index in [1.807, 2.05) is 0 Å². The molecule has 21 nitrogen and oxygen atoms in total. The summed E-state index contributed by atoms with van der Waals surface area (Å²) in [6.07, 6.45) is -21.4. The van der Waals surface area contributed by atoms with Crippen LogP contribution in [0.25, 0.3) is 0 Å². The first-order chi connectivity index (χ1) is 34.2. The first-order valence-corrected chi connectivity index (χ1v) is 27.1. The molecule has 0 radical (unpaired) electrons. The number of aliphatic hydroxyl groups is 12. The van der Waals surface area contributed by atoms with Gasteiger partial charge in [0.25, 0.3) is 0 Å². The average molecular weight is 1050 g/mol. The van der Waals surface area contributed by atoms with Crippen LogP contribution in [0.3, 0.4) is 0 Å². The van der Waals surface area contributed by atoms with Crippen LogP contribution in [-0.2, 0) is 42.6 Å². The van der Waals surface area contributed by atoms with E-state index in [4.69, 9.17) is 42.6 Å². The molecule has 5 heterocycles. The molecule has 0 aromatic carbocycles. The van der Waals surface area contributed by atoms with E-state index >= 15 is 0 Å². The summed E-state index contributed by atoms with van der Waals surface area (Å²) in [7, 11) is 0. The monoisotopic (exact) mass is 1050 g/mol. The summed E-state index contributed by atoms with van der Waals surface area (Å²) in [6, 6.07) is 0. The fourth-order valence-electron chi connectivity index (χ4n) is 17.4. The van der Waals surface area contributed by atoms with Gasteiger partial charge in [0, 0.05) is 10.8 Å². The third kappa shape index (κ3) is 8.41. The van der Waals surface area contributed by atoms with Gasteiger partial charge in [-0.15, -0.1) is 0 Å². The zero-order valence-electron chi connectivity index (χ0n) is 43.4. The largest absolute Gasteiger partial charge is 0.394 e. The highest BCUT2D eigenvalue weighted by Gasteiger charge is 2.80. The first kappa shape index (κ1) is 55.5. The molecule has 0 amide bonds. The van der Waals surface area contributed by atoms with Crippen LogP contribution in [0.2, 0.25) is 0 Å². The van der Waals surface area contributed by atoms with Crippen LogP contribution in [-0.4, -0.2) is 223 Å². The van der Waals surface area contributed by atoms with Crippen LogP contribution in [0.4, 0.5) is 0 Å². The Hall–Kier alpha value is -0.840. The lowest BCUT2D eigenvalue weighted by molar-refractivity contribution is -0.392. The highest BCUT2D eigenvalue weighted by molar-refractivity contribution is 5.28. The second-order valence-corrected chi connectivity index (χ2v) is 26.2. The van der Waals surface area contributed by atoms with Gasteiger partial charge in [-0.2, -0.15) is 0 Å². The molecular formula is C52H86O21. The van der Waals surface area contributed by atoms with E-state index in [2.05, 4.69) is 48.5 Å². The van der Waals surface area contributed by atoms with Gasteiger partial charge >= 0.3 is 0 Å². The number of aliphatic hydroxyl groups excluding tert-OH is 12. The summed E-state index contributed by atoms with van der Waals surface area (Å²) in [4.78, 5) is 0. The Labute approximate surface area is 427 Å². The first-order valence-electron chi connectivity index (χ1n) is 27.1. The van der Waals surface area contributed by atoms with E-state index in [-0.39, 0.29) is 38.6 Å². The van der Waals surface area contributed by atoms with Crippen molar-refractivity contribution in [3.63, 3.8) is 0 Å². The zero-order valence-corrected chi connectivity index (χ0v) is 43.4. The fraction of sp³-hybridized carbons (Fsp3) is 1.00. The molecule has 5 aliphatic carbocycles. The highest BCUT2D eigenvalue weighted by Crippen LogP contribution is 2.80. The van der Waals surface area contributed by atoms with Gasteiger partial charge in [-0.25, -0.2) is 0 Å². The molecular weight excluding hydrogens is 961 g/mol. The molecule has 10 aliphatic rings. The Morgan fingerprint density at radius 2 is 1.12 bits per heavy atom. The van der Waals surface area contributed by atoms with Crippen LogP contribution in [0.15, 0.2) is 0 Å². The minimum atomic E-state index is -1.87. The topological polar surface area (TPSA) is 326 Å². The molecule has 10 fully saturated rings. The molecule has 10 rings (SSSR count). The molecule has 5 saturated carbocycles. The van der Waals surface area contributed by atoms with Gasteiger partial charge in [0.15, 0.2) is 25.2 Å². The van der Waals surface area contributed by atoms with Crippen LogP contribution in [0, 0.1) is 50.2 Å². The van der Waals surface area contributed by atoms with E-state index in [1.165, 1.54) is 0 Å². The fourth-order valence-corrected chi connectivity index (χ4v) is 17.4. The molecule has 420 valence electrons. The van der Waals surface area contributed by atoms with Crippen molar-refractivity contribution in [3.8, 4) is 0 Å². The Morgan fingerprint density at radius 3 is 1.82 bits per heavy atom. The summed E-state index contributed by atoms with van der Waals surface area (Å²) >= 11 is 0. The lowest BCUT2D eigenvalue weighted by atomic mass is 9.30. The van der Waals surface area contributed by atoms with E-state index in [1.54, 1.807) is 0 Å². The second kappa shape index (κ2) is 19.5. The molecule has 12 N–H and O–H groups in total. The maximum Gasteiger partial charge on any atom is 0.187 e. The summed E-state index contributed by atoms with van der Waals surface area (Å²) in [5.74, 6) is 0.799. The van der Waals surface area contributed by atoms with Crippen molar-refractivity contribution in [3.05, 3.63) is 0 Å². The SMILES string of the molecule is CC1(C)CC[C@]23CO[C@@]4(CCC5[C@@]6(C)CC[C@H](O[C@@H]7OC[C@H](O[C@@H]8O[C@H](CO)[C@@H](O)[C@H](O)[C@H]8O[C@@H]8OC[C@@H](O)[C@H](O)[C@H]8O)[C@H](O)[C@H]7O[C@@H]7O[C@H](CO)[C@@H](O)[C@H](O)[C@H]7O)C(C)(C)C6CC[C@@]5(C)[C@]4(C)C[C@H]2O)C3C1. The smallest absolute Gasteiger partial charge is 0.187 e. The third-order valence-corrected chi connectivity index (χ3v) is 21.9. The van der Waals surface area contributed by atoms with Crippen LogP contribution in [0.5, 0.6) is 0 Å². The normalized spacial score (nSPS) is 57.5. The van der Waals surface area contributed by atoms with Gasteiger partial charge in [-0.3, -0.25) is 0 Å². The summed E-state index contributed by atoms with van der Waals surface area (Å²) in [5, 5.41) is 131. The molecule has 0 aromatic heterocycles. The van der Waals surface area contributed by atoms with E-state index < -0.39 is 155 Å². The molecule has 2 bridgehead atoms. The van der Waals surface area contributed by atoms with Gasteiger partial charge in [0.2, 0.25) is 0 Å². The third-order valence-electron chi connectivity index (χ3n) is 21.9. The lowest BCUT2D eigenvalue weighted by Gasteiger charge is -2.75. The molecule has 1 spiro atoms. The maximum atomic E-state index is 12.4. The van der Waals surface area contributed by atoms with Gasteiger partial charge < -0.3 is 104 Å². The molecule has 21 heteroatoms. The Bertz CT molecular complexity index is 1960. The van der Waals surface area contributed by atoms with Gasteiger partial charge in [0.05, 0.1) is 50.8 Å². The number of rotatable bonds is 10. The van der Waals surface area contributed by atoms with Crippen molar-refractivity contribution >= 4 is 0 Å². The van der Waals surface area contributed by atoms with Crippen molar-refractivity contribution in [2.24, 2.45) is 50.2 Å². The van der Waals surface area contributed by atoms with Crippen molar-refractivity contribution < 1.29 is 104 Å². The van der Waals surface area contributed by atoms with E-state index in [0.717, 1.165) is 57.8 Å². The number of ether oxygens (including phenoxy) is 9. The minimum Gasteiger partial charge on any atom is -0.394 e. The summed E-state index contributed by atoms with van der Waals surface area (Å²) in [5.41, 5.74) is -1.30. The Morgan fingerprint density at radius 1 is 0.507 bits per heavy atom. The van der Waals surface area contributed by atoms with Crippen molar-refractivity contribution in [2.75, 3.05) is 33.0 Å². The van der Waals surface area contributed by atoms with E-state index in [9.17, 15) is 61.3 Å². The van der Waals surface area contributed by atoms with Gasteiger partial charge in [-0.1, -0.05) is 48.5 Å². The molecule has 28 atom stereocenters. The Kier molecular flexibility index (Phi) is 14.8. The van der Waals surface area contributed by atoms with Crippen LogP contribution in [0.1, 0.15) is 113 Å². The number of hydrogen-bond acceptors (Lipinski definition) is 21. The van der Waals surface area contributed by atoms with Crippen LogP contribution < -0.4 is 0 Å². The summed E-state index contributed by atoms with van der Waals surface area (Å²) < 4.78 is 56.0. The van der Waals surface area contributed by atoms with Crippen molar-refractivity contribution in [1.29, 1.82) is 0 Å². The standard InChI is InChI=1S/C52H86O21/c1-46(2)14-15-51-22-67-52(29(51)16-46)13-9-28-48(5)11-10-31(47(3,4)27(48)8-12-49(28,6)50(52,7)17-30(51)56)71-44-40(73-43-39(64)36(61)33(58)24(18-53)68-43)35(60)26(21-66-44)70-45-41(37(62)34(59)25(19-54)69-45)72-42-38(63)32(57)23(55)20-65-42/h23-45,53-64H,8-22H2,1-7H3/t23-,24-,25-,26+,27?,28?,29?,30-,31+,32+,33-,34-,35+,36+,37+,38-,39-,40-,41-,42+,43+,44+,45+,48+,49-,50+,51-,52+/m1/s1. The minimum absolute atomic E-state index is 0.122. The second-order valence-electron chi connectivity index (χ2n) is 26.2. The van der Waals surface area contributed by atoms with Crippen LogP contribution >= 0.6 is 0 Å². The highest BCUT2D eigenvalue weighted by atomic mass is 16.8. The van der Waals surface area contributed by atoms with Gasteiger partial charge in [-0.05, 0) is 104 Å². The maximum absolute atomic E-state index is 12.4. The van der Waals surface area contributed by atoms with Crippen molar-refractivity contribution in [1.82, 2.24) is 0 Å². The summed E-state index contributed by atoms with van der Waals surface area (Å²) in [6.45, 7) is 14.8. The zero-order chi connectivity index (χ0) is 52.7. The Balaban J connectivity index is 0.900. The quantitative estimate of drug-likeness (QED) is 0.116. The molecule has 5 aliphatic heterocycles. The predicted octanol–water partition coefficient (Wildman–Crippen LogP) is -1.07. The average Bonchev–Trinajstić information content (AvgIpc) is 3.62. The molecule has 3 unspecified atom stereocenters. The van der Waals surface area contributed by atoms with Crippen molar-refractivity contribution in [2.45, 2.75) is 241 Å². The van der Waals surface area contributed by atoms with E-state index in [0.29, 0.717) is 24.9 Å². The molecule has 0 aromatic rings. The predicted molar refractivity (Wildman–Crippen MR) is 250 cm³/mol. The number of fused-ring (bicyclic) bond motifs is 4. The van der Waals surface area contributed by atoms with Gasteiger partial charge in [0.1, 0.15) is 85.5 Å². The molecule has 5 saturated heterocycles.